The average Bonchev–Trinajstić information content (AvgIpc) is 2.63. The number of amides is 2. The maximum absolute atomic E-state index is 13.2. The fourth-order valence-electron chi connectivity index (χ4n) is 3.89. The number of nitrogens with zero attached hydrogens (tertiary/aromatic N) is 1. The van der Waals surface area contributed by atoms with E-state index in [1.165, 1.54) is 4.90 Å². The molecule has 122 valence electrons. The summed E-state index contributed by atoms with van der Waals surface area (Å²) in [6.45, 7) is 3.98. The van der Waals surface area contributed by atoms with Crippen molar-refractivity contribution in [2.24, 2.45) is 5.92 Å². The lowest BCUT2D eigenvalue weighted by molar-refractivity contribution is -0.315. The van der Waals surface area contributed by atoms with Crippen molar-refractivity contribution in [1.82, 2.24) is 4.90 Å². The second-order valence-electron chi connectivity index (χ2n) is 6.71. The molecule has 24 heavy (non-hydrogen) atoms. The van der Waals surface area contributed by atoms with Crippen molar-refractivity contribution in [3.05, 3.63) is 71.8 Å². The van der Waals surface area contributed by atoms with Gasteiger partial charge in [0.1, 0.15) is 0 Å². The first-order valence-corrected chi connectivity index (χ1v) is 8.16. The van der Waals surface area contributed by atoms with E-state index in [0.29, 0.717) is 0 Å². The van der Waals surface area contributed by atoms with Crippen molar-refractivity contribution in [2.45, 2.75) is 31.6 Å². The smallest absolute Gasteiger partial charge is 0.266 e. The van der Waals surface area contributed by atoms with E-state index in [4.69, 9.17) is 4.74 Å². The highest BCUT2D eigenvalue weighted by Gasteiger charge is 2.74. The van der Waals surface area contributed by atoms with Gasteiger partial charge in [0.25, 0.3) is 11.8 Å². The Bertz CT molecular complexity index is 804. The van der Waals surface area contributed by atoms with Gasteiger partial charge in [-0.25, -0.2) is 0 Å². The van der Waals surface area contributed by atoms with Crippen molar-refractivity contribution >= 4 is 11.8 Å². The second-order valence-corrected chi connectivity index (χ2v) is 6.71. The summed E-state index contributed by atoms with van der Waals surface area (Å²) in [6.07, 6.45) is 0. The highest BCUT2D eigenvalue weighted by atomic mass is 16.6. The third-order valence-electron chi connectivity index (χ3n) is 5.43. The van der Waals surface area contributed by atoms with E-state index in [-0.39, 0.29) is 24.3 Å². The Morgan fingerprint density at radius 2 is 1.54 bits per heavy atom. The molecule has 0 unspecified atom stereocenters. The number of fused-ring (bicyclic) bond motifs is 2. The van der Waals surface area contributed by atoms with Crippen molar-refractivity contribution in [3.63, 3.8) is 0 Å². The number of benzene rings is 2. The van der Waals surface area contributed by atoms with E-state index in [2.05, 4.69) is 0 Å². The molecule has 5 rings (SSSR count). The van der Waals surface area contributed by atoms with Crippen LogP contribution < -0.4 is 0 Å². The number of ether oxygens (including phenoxy) is 1. The van der Waals surface area contributed by atoms with Gasteiger partial charge in [0, 0.05) is 5.92 Å². The number of carbonyl (C=O) groups excluding carboxylic acids is 2. The first-order chi connectivity index (χ1) is 11.5. The molecule has 3 heterocycles. The molecule has 0 radical (unpaired) electrons. The highest BCUT2D eigenvalue weighted by Crippen LogP contribution is 2.58. The summed E-state index contributed by atoms with van der Waals surface area (Å²) in [6, 6.07) is 19.0. The van der Waals surface area contributed by atoms with Gasteiger partial charge in [0.05, 0.1) is 6.54 Å². The molecule has 3 aliphatic rings. The summed E-state index contributed by atoms with van der Waals surface area (Å²) in [4.78, 5) is 27.4. The Morgan fingerprint density at radius 3 is 2.12 bits per heavy atom. The lowest BCUT2D eigenvalue weighted by Gasteiger charge is -2.63. The van der Waals surface area contributed by atoms with Crippen molar-refractivity contribution in [2.75, 3.05) is 0 Å². The zero-order valence-corrected chi connectivity index (χ0v) is 13.7. The molecule has 0 aromatic heterocycles. The number of piperidine rings is 1. The lowest BCUT2D eigenvalue weighted by atomic mass is 9.62. The van der Waals surface area contributed by atoms with E-state index in [9.17, 15) is 9.59 Å². The molecular formula is C20H19NO3. The van der Waals surface area contributed by atoms with E-state index >= 15 is 0 Å². The van der Waals surface area contributed by atoms with Crippen LogP contribution in [0.5, 0.6) is 0 Å². The van der Waals surface area contributed by atoms with Crippen molar-refractivity contribution < 1.29 is 14.3 Å². The maximum atomic E-state index is 13.2. The molecule has 0 aliphatic carbocycles. The summed E-state index contributed by atoms with van der Waals surface area (Å²) >= 11 is 0. The molecule has 3 fully saturated rings. The largest absolute Gasteiger partial charge is 0.343 e. The molecule has 0 saturated carbocycles. The van der Waals surface area contributed by atoms with Crippen LogP contribution in [0.15, 0.2) is 60.7 Å². The van der Waals surface area contributed by atoms with Crippen LogP contribution in [0, 0.1) is 5.92 Å². The van der Waals surface area contributed by atoms with Crippen LogP contribution in [0.2, 0.25) is 0 Å². The zero-order valence-electron chi connectivity index (χ0n) is 13.7. The van der Waals surface area contributed by atoms with Gasteiger partial charge < -0.3 is 4.74 Å². The predicted molar refractivity (Wildman–Crippen MR) is 88.8 cm³/mol. The topological polar surface area (TPSA) is 46.6 Å². The lowest BCUT2D eigenvalue weighted by Crippen LogP contribution is -2.80. The quantitative estimate of drug-likeness (QED) is 0.817. The number of hydrogen-bond acceptors (Lipinski definition) is 3. The zero-order chi connectivity index (χ0) is 16.9. The summed E-state index contributed by atoms with van der Waals surface area (Å²) < 4.78 is 6.00. The molecule has 0 spiro atoms. The minimum Gasteiger partial charge on any atom is -0.343 e. The Labute approximate surface area is 141 Å². The fraction of sp³-hybridized carbons (Fsp3) is 0.300. The molecule has 2 amide bonds. The van der Waals surface area contributed by atoms with Crippen LogP contribution in [0.1, 0.15) is 25.0 Å². The van der Waals surface area contributed by atoms with Gasteiger partial charge in [0.15, 0.2) is 11.2 Å². The molecule has 2 aromatic carbocycles. The molecule has 2 aromatic rings. The van der Waals surface area contributed by atoms with E-state index in [0.717, 1.165) is 11.1 Å². The number of carbonyl (C=O) groups is 2. The minimum absolute atomic E-state index is 0.195. The average molecular weight is 321 g/mol. The summed E-state index contributed by atoms with van der Waals surface area (Å²) in [5, 5.41) is 0. The summed E-state index contributed by atoms with van der Waals surface area (Å²) in [5.41, 5.74) is -0.262. The van der Waals surface area contributed by atoms with Crippen LogP contribution in [0.4, 0.5) is 0 Å². The Kier molecular flexibility index (Phi) is 3.15. The molecule has 4 heteroatoms. The molecular weight excluding hydrogens is 302 g/mol. The molecule has 2 bridgehead atoms. The van der Waals surface area contributed by atoms with Gasteiger partial charge in [-0.3, -0.25) is 14.5 Å². The Balaban J connectivity index is 1.76. The fourth-order valence-corrected chi connectivity index (χ4v) is 3.89. The van der Waals surface area contributed by atoms with Crippen molar-refractivity contribution in [1.29, 1.82) is 0 Å². The molecule has 3 saturated heterocycles. The molecule has 4 nitrogen and oxygen atoms in total. The van der Waals surface area contributed by atoms with Gasteiger partial charge in [-0.1, -0.05) is 67.6 Å². The first-order valence-electron chi connectivity index (χ1n) is 8.16. The second kappa shape index (κ2) is 5.02. The van der Waals surface area contributed by atoms with E-state index in [1.54, 1.807) is 6.92 Å². The van der Waals surface area contributed by atoms with Crippen LogP contribution in [0.25, 0.3) is 0 Å². The number of morpholine rings is 1. The van der Waals surface area contributed by atoms with Crippen LogP contribution in [-0.2, 0) is 26.5 Å². The van der Waals surface area contributed by atoms with Gasteiger partial charge >= 0.3 is 0 Å². The third-order valence-corrected chi connectivity index (χ3v) is 5.43. The predicted octanol–water partition coefficient (Wildman–Crippen LogP) is 2.88. The van der Waals surface area contributed by atoms with Crippen LogP contribution in [-0.4, -0.2) is 22.3 Å². The van der Waals surface area contributed by atoms with Gasteiger partial charge in [-0.2, -0.15) is 0 Å². The molecule has 3 aliphatic heterocycles. The summed E-state index contributed by atoms with van der Waals surface area (Å²) in [5.74, 6) is -0.708. The van der Waals surface area contributed by atoms with Crippen LogP contribution >= 0.6 is 0 Å². The third kappa shape index (κ3) is 1.77. The first kappa shape index (κ1) is 15.1. The standard InChI is InChI=1S/C20H19NO3/c1-14-19(2)17(22)21(13-15-9-5-3-6-10-15)18(23)20(14,24-19)16-11-7-4-8-12-16/h3-12,14H,13H2,1-2H3/t14-,19+,20+/m0/s1. The SMILES string of the molecule is C[C@H]1[C@@]2(C)O[C@]1(c1ccccc1)C(=O)N(Cc1ccccc1)C2=O. The monoisotopic (exact) mass is 321 g/mol. The molecule has 3 atom stereocenters. The van der Waals surface area contributed by atoms with Gasteiger partial charge in [-0.05, 0) is 18.1 Å². The Morgan fingerprint density at radius 1 is 0.958 bits per heavy atom. The van der Waals surface area contributed by atoms with Crippen LogP contribution in [0.3, 0.4) is 0 Å². The number of imide groups is 1. The van der Waals surface area contributed by atoms with Gasteiger partial charge in [-0.15, -0.1) is 0 Å². The normalized spacial score (nSPS) is 31.8. The number of rotatable bonds is 3. The van der Waals surface area contributed by atoms with E-state index < -0.39 is 11.2 Å². The number of hydrogen-bond donors (Lipinski definition) is 0. The highest BCUT2D eigenvalue weighted by molar-refractivity contribution is 6.09. The van der Waals surface area contributed by atoms with Gasteiger partial charge in [0.2, 0.25) is 0 Å². The maximum Gasteiger partial charge on any atom is 0.266 e. The van der Waals surface area contributed by atoms with Crippen molar-refractivity contribution in [3.8, 4) is 0 Å². The van der Waals surface area contributed by atoms with E-state index in [1.807, 2.05) is 67.6 Å². The Hall–Kier alpha value is -2.46. The molecule has 0 N–H and O–H groups in total. The summed E-state index contributed by atoms with van der Waals surface area (Å²) in [7, 11) is 0. The minimum atomic E-state index is -1.06.